The first kappa shape index (κ1) is 33.2. The van der Waals surface area contributed by atoms with Crippen LogP contribution in [0.3, 0.4) is 0 Å². The number of anilines is 3. The minimum atomic E-state index is -0.0475. The van der Waals surface area contributed by atoms with Gasteiger partial charge in [0, 0.05) is 22.2 Å². The van der Waals surface area contributed by atoms with Crippen LogP contribution in [-0.4, -0.2) is 0 Å². The van der Waals surface area contributed by atoms with E-state index in [1.54, 1.807) is 0 Å². The predicted molar refractivity (Wildman–Crippen MR) is 240 cm³/mol. The van der Waals surface area contributed by atoms with Crippen molar-refractivity contribution in [1.29, 1.82) is 0 Å². The molecule has 0 fully saturated rings. The van der Waals surface area contributed by atoms with Crippen LogP contribution in [0.1, 0.15) is 25.0 Å². The number of hydrogen-bond acceptors (Lipinski definition) is 2. The van der Waals surface area contributed by atoms with Crippen molar-refractivity contribution in [1.82, 2.24) is 0 Å². The molecule has 0 radical (unpaired) electrons. The van der Waals surface area contributed by atoms with Gasteiger partial charge in [-0.15, -0.1) is 0 Å². The molecular weight excluding hydrogens is 691 g/mol. The summed E-state index contributed by atoms with van der Waals surface area (Å²) in [6.07, 6.45) is 0. The standard InChI is InChI=1S/C55H39NO/c1-55(2)49-20-7-5-17-46(49)47-33-28-40(35-50(47)55)37-26-31-43(32-27-37)56(51-21-11-23-53-54(51)48-18-6-8-22-52(48)57-53)42-29-24-36(25-30-42)39-14-9-15-41(34-39)45-19-10-13-38-12-3-4-16-44(38)45/h3-35H,1-2H3. The van der Waals surface area contributed by atoms with E-state index in [2.05, 4.69) is 213 Å². The molecule has 0 unspecified atom stereocenters. The average molecular weight is 730 g/mol. The lowest BCUT2D eigenvalue weighted by Gasteiger charge is -2.27. The molecule has 0 amide bonds. The fourth-order valence-corrected chi connectivity index (χ4v) is 9.20. The number of rotatable bonds is 6. The Morgan fingerprint density at radius 3 is 1.75 bits per heavy atom. The summed E-state index contributed by atoms with van der Waals surface area (Å²) in [4.78, 5) is 2.37. The van der Waals surface area contributed by atoms with E-state index >= 15 is 0 Å². The third kappa shape index (κ3) is 5.40. The van der Waals surface area contributed by atoms with E-state index in [0.29, 0.717) is 0 Å². The van der Waals surface area contributed by atoms with E-state index in [1.165, 1.54) is 66.4 Å². The van der Waals surface area contributed by atoms with Gasteiger partial charge in [0.1, 0.15) is 11.2 Å². The van der Waals surface area contributed by atoms with Crippen LogP contribution in [0.4, 0.5) is 17.1 Å². The van der Waals surface area contributed by atoms with Gasteiger partial charge in [0.15, 0.2) is 0 Å². The van der Waals surface area contributed by atoms with Crippen molar-refractivity contribution >= 4 is 49.8 Å². The van der Waals surface area contributed by atoms with Gasteiger partial charge in [-0.2, -0.15) is 0 Å². The summed E-state index contributed by atoms with van der Waals surface area (Å²) in [6.45, 7) is 4.69. The van der Waals surface area contributed by atoms with Crippen molar-refractivity contribution in [3.63, 3.8) is 0 Å². The fraction of sp³-hybridized carbons (Fsp3) is 0.0545. The molecule has 1 heterocycles. The van der Waals surface area contributed by atoms with Crippen LogP contribution in [-0.2, 0) is 5.41 Å². The van der Waals surface area contributed by atoms with Crippen LogP contribution >= 0.6 is 0 Å². The summed E-state index contributed by atoms with van der Waals surface area (Å²) in [5.74, 6) is 0. The van der Waals surface area contributed by atoms with Crippen molar-refractivity contribution in [2.45, 2.75) is 19.3 Å². The zero-order valence-electron chi connectivity index (χ0n) is 31.9. The highest BCUT2D eigenvalue weighted by molar-refractivity contribution is 6.13. The van der Waals surface area contributed by atoms with Crippen molar-refractivity contribution < 1.29 is 4.42 Å². The Hall–Kier alpha value is -7.16. The number of hydrogen-bond donors (Lipinski definition) is 0. The summed E-state index contributed by atoms with van der Waals surface area (Å²) in [6, 6.07) is 72.6. The van der Waals surface area contributed by atoms with Gasteiger partial charge in [-0.1, -0.05) is 159 Å². The van der Waals surface area contributed by atoms with Crippen LogP contribution in [0.5, 0.6) is 0 Å². The summed E-state index contributed by atoms with van der Waals surface area (Å²) in [5.41, 5.74) is 17.7. The zero-order valence-corrected chi connectivity index (χ0v) is 31.9. The molecular formula is C55H39NO. The number of para-hydroxylation sites is 1. The lowest BCUT2D eigenvalue weighted by molar-refractivity contribution is 0.660. The van der Waals surface area contributed by atoms with Crippen LogP contribution in [0.15, 0.2) is 205 Å². The average Bonchev–Trinajstić information content (AvgIpc) is 3.76. The number of benzene rings is 9. The second-order valence-corrected chi connectivity index (χ2v) is 15.7. The predicted octanol–water partition coefficient (Wildman–Crippen LogP) is 15.5. The quantitative estimate of drug-likeness (QED) is 0.169. The van der Waals surface area contributed by atoms with Crippen molar-refractivity contribution in [2.24, 2.45) is 0 Å². The Morgan fingerprint density at radius 1 is 0.386 bits per heavy atom. The topological polar surface area (TPSA) is 16.4 Å². The summed E-state index contributed by atoms with van der Waals surface area (Å²) < 4.78 is 6.39. The Bertz CT molecular complexity index is 3140. The Kier molecular flexibility index (Phi) is 7.55. The third-order valence-electron chi connectivity index (χ3n) is 12.1. The molecule has 0 bridgehead atoms. The Morgan fingerprint density at radius 2 is 0.947 bits per heavy atom. The molecule has 0 atom stereocenters. The maximum Gasteiger partial charge on any atom is 0.137 e. The second-order valence-electron chi connectivity index (χ2n) is 15.7. The molecule has 10 aromatic rings. The van der Waals surface area contributed by atoms with E-state index in [0.717, 1.165) is 39.0 Å². The lowest BCUT2D eigenvalue weighted by atomic mass is 9.81. The van der Waals surface area contributed by atoms with Gasteiger partial charge in [0.2, 0.25) is 0 Å². The molecule has 9 aromatic carbocycles. The van der Waals surface area contributed by atoms with Crippen molar-refractivity contribution in [3.05, 3.63) is 211 Å². The maximum atomic E-state index is 6.39. The molecule has 2 heteroatoms. The van der Waals surface area contributed by atoms with Gasteiger partial charge in [0.25, 0.3) is 0 Å². The molecule has 57 heavy (non-hydrogen) atoms. The molecule has 1 aliphatic carbocycles. The van der Waals surface area contributed by atoms with E-state index < -0.39 is 0 Å². The highest BCUT2D eigenvalue weighted by atomic mass is 16.3. The van der Waals surface area contributed by atoms with E-state index in [-0.39, 0.29) is 5.41 Å². The Labute approximate surface area is 332 Å². The monoisotopic (exact) mass is 729 g/mol. The number of furan rings is 1. The van der Waals surface area contributed by atoms with Crippen molar-refractivity contribution in [3.8, 4) is 44.5 Å². The normalized spacial score (nSPS) is 12.9. The van der Waals surface area contributed by atoms with Crippen LogP contribution in [0, 0.1) is 0 Å². The van der Waals surface area contributed by atoms with E-state index in [9.17, 15) is 0 Å². The first-order valence-corrected chi connectivity index (χ1v) is 19.8. The van der Waals surface area contributed by atoms with Gasteiger partial charge >= 0.3 is 0 Å². The molecule has 0 aliphatic heterocycles. The maximum absolute atomic E-state index is 6.39. The van der Waals surface area contributed by atoms with Gasteiger partial charge < -0.3 is 9.32 Å². The summed E-state index contributed by atoms with van der Waals surface area (Å²) in [7, 11) is 0. The molecule has 2 nitrogen and oxygen atoms in total. The zero-order chi connectivity index (χ0) is 38.1. The molecule has 1 aromatic heterocycles. The molecule has 270 valence electrons. The lowest BCUT2D eigenvalue weighted by Crippen LogP contribution is -2.14. The highest BCUT2D eigenvalue weighted by Crippen LogP contribution is 2.50. The molecule has 11 rings (SSSR count). The minimum absolute atomic E-state index is 0.0475. The number of nitrogens with zero attached hydrogens (tertiary/aromatic N) is 1. The Balaban J connectivity index is 0.998. The van der Waals surface area contributed by atoms with Crippen LogP contribution in [0.25, 0.3) is 77.2 Å². The largest absolute Gasteiger partial charge is 0.456 e. The van der Waals surface area contributed by atoms with Gasteiger partial charge in [0.05, 0.1) is 11.1 Å². The molecule has 0 saturated heterocycles. The number of fused-ring (bicyclic) bond motifs is 7. The minimum Gasteiger partial charge on any atom is -0.456 e. The summed E-state index contributed by atoms with van der Waals surface area (Å²) in [5, 5.41) is 4.72. The first-order valence-electron chi connectivity index (χ1n) is 19.8. The van der Waals surface area contributed by atoms with Gasteiger partial charge in [-0.25, -0.2) is 0 Å². The van der Waals surface area contributed by atoms with Crippen LogP contribution in [0.2, 0.25) is 0 Å². The third-order valence-corrected chi connectivity index (χ3v) is 12.1. The second kappa shape index (κ2) is 13.0. The van der Waals surface area contributed by atoms with Gasteiger partial charge in [-0.05, 0) is 121 Å². The molecule has 1 aliphatic rings. The van der Waals surface area contributed by atoms with E-state index in [4.69, 9.17) is 4.42 Å². The highest BCUT2D eigenvalue weighted by Gasteiger charge is 2.35. The molecule has 0 saturated carbocycles. The fourth-order valence-electron chi connectivity index (χ4n) is 9.20. The van der Waals surface area contributed by atoms with Crippen molar-refractivity contribution in [2.75, 3.05) is 4.90 Å². The van der Waals surface area contributed by atoms with E-state index in [1.807, 2.05) is 6.07 Å². The first-order chi connectivity index (χ1) is 28.0. The van der Waals surface area contributed by atoms with Gasteiger partial charge in [-0.3, -0.25) is 0 Å². The smallest absolute Gasteiger partial charge is 0.137 e. The molecule has 0 N–H and O–H groups in total. The SMILES string of the molecule is CC1(C)c2ccccc2-c2ccc(-c3ccc(N(c4ccc(-c5cccc(-c6cccc7ccccc67)c5)cc4)c4cccc5oc6ccccc6c45)cc3)cc21. The van der Waals surface area contributed by atoms with Crippen LogP contribution < -0.4 is 4.90 Å². The summed E-state index contributed by atoms with van der Waals surface area (Å²) >= 11 is 0. The molecule has 0 spiro atoms.